The third kappa shape index (κ3) is 3.95. The molecule has 3 aromatic heterocycles. The van der Waals surface area contributed by atoms with Crippen LogP contribution in [-0.2, 0) is 13.0 Å². The van der Waals surface area contributed by atoms with Crippen LogP contribution in [0.5, 0.6) is 5.75 Å². The standard InChI is InChI=1S/C26H27N7OS/c1-14-10-26(2,3)11-18-21(14)31-24(27)32-22(18)33-6-7-34-20-5-4-15(8-17(20)13-33)16-9-19-23(29-12-16)35-25(28)30-19/h4-5,8-10,12H,6-7,11,13H2,1-3H3,(H2,28,30)(H2,27,31,32). The van der Waals surface area contributed by atoms with E-state index in [0.717, 1.165) is 61.9 Å². The van der Waals surface area contributed by atoms with Crippen LogP contribution in [0.2, 0.25) is 0 Å². The van der Waals surface area contributed by atoms with E-state index in [2.05, 4.69) is 58.8 Å². The number of pyridine rings is 1. The monoisotopic (exact) mass is 485 g/mol. The van der Waals surface area contributed by atoms with E-state index < -0.39 is 0 Å². The maximum absolute atomic E-state index is 6.17. The molecule has 35 heavy (non-hydrogen) atoms. The van der Waals surface area contributed by atoms with Crippen molar-refractivity contribution >= 4 is 44.2 Å². The summed E-state index contributed by atoms with van der Waals surface area (Å²) in [6.07, 6.45) is 5.01. The van der Waals surface area contributed by atoms with E-state index in [4.69, 9.17) is 21.2 Å². The average molecular weight is 486 g/mol. The Balaban J connectivity index is 1.39. The normalized spacial score (nSPS) is 16.8. The molecular weight excluding hydrogens is 458 g/mol. The molecule has 8 nitrogen and oxygen atoms in total. The molecule has 0 bridgehead atoms. The van der Waals surface area contributed by atoms with Gasteiger partial charge in [-0.2, -0.15) is 4.98 Å². The number of fused-ring (bicyclic) bond motifs is 3. The van der Waals surface area contributed by atoms with Gasteiger partial charge in [0.1, 0.15) is 28.5 Å². The summed E-state index contributed by atoms with van der Waals surface area (Å²) in [4.78, 5) is 21.4. The molecule has 0 amide bonds. The van der Waals surface area contributed by atoms with Crippen LogP contribution >= 0.6 is 11.3 Å². The van der Waals surface area contributed by atoms with E-state index in [-0.39, 0.29) is 5.41 Å². The summed E-state index contributed by atoms with van der Waals surface area (Å²) in [5.41, 5.74) is 19.3. The van der Waals surface area contributed by atoms with Crippen LogP contribution in [0.15, 0.2) is 36.5 Å². The van der Waals surface area contributed by atoms with Crippen LogP contribution in [0, 0.1) is 5.41 Å². The van der Waals surface area contributed by atoms with E-state index in [1.807, 2.05) is 18.3 Å². The lowest BCUT2D eigenvalue weighted by atomic mass is 9.78. The second-order valence-corrected chi connectivity index (χ2v) is 10.9. The molecule has 0 saturated heterocycles. The molecule has 2 aliphatic rings. The van der Waals surface area contributed by atoms with Gasteiger partial charge in [-0.3, -0.25) is 0 Å². The summed E-state index contributed by atoms with van der Waals surface area (Å²) in [7, 11) is 0. The molecule has 1 aromatic carbocycles. The van der Waals surface area contributed by atoms with Gasteiger partial charge >= 0.3 is 0 Å². The number of nitrogens with two attached hydrogens (primary N) is 2. The Kier molecular flexibility index (Phi) is 4.93. The molecule has 0 radical (unpaired) electrons. The van der Waals surface area contributed by atoms with Crippen molar-refractivity contribution in [2.75, 3.05) is 29.5 Å². The van der Waals surface area contributed by atoms with Gasteiger partial charge in [0, 0.05) is 29.4 Å². The highest BCUT2D eigenvalue weighted by Crippen LogP contribution is 2.40. The molecule has 0 atom stereocenters. The second kappa shape index (κ2) is 7.91. The highest BCUT2D eigenvalue weighted by Gasteiger charge is 2.30. The quantitative estimate of drug-likeness (QED) is 0.420. The van der Waals surface area contributed by atoms with Crippen molar-refractivity contribution < 1.29 is 4.74 Å². The Morgan fingerprint density at radius 2 is 1.94 bits per heavy atom. The van der Waals surface area contributed by atoms with Gasteiger partial charge in [0.05, 0.1) is 12.2 Å². The number of ether oxygens (including phenoxy) is 1. The molecule has 4 N–H and O–H groups in total. The zero-order chi connectivity index (χ0) is 24.3. The zero-order valence-electron chi connectivity index (χ0n) is 20.0. The first-order chi connectivity index (χ1) is 16.8. The van der Waals surface area contributed by atoms with Gasteiger partial charge in [0.25, 0.3) is 0 Å². The molecular formula is C26H27N7OS. The van der Waals surface area contributed by atoms with Crippen molar-refractivity contribution in [3.05, 3.63) is 53.4 Å². The number of rotatable bonds is 2. The number of nitrogen functional groups attached to an aromatic ring is 2. The first-order valence-corrected chi connectivity index (χ1v) is 12.5. The summed E-state index contributed by atoms with van der Waals surface area (Å²) in [5.74, 6) is 2.08. The highest BCUT2D eigenvalue weighted by molar-refractivity contribution is 7.21. The van der Waals surface area contributed by atoms with Crippen LogP contribution in [0.1, 0.15) is 37.6 Å². The van der Waals surface area contributed by atoms with E-state index in [1.165, 1.54) is 11.3 Å². The van der Waals surface area contributed by atoms with Crippen molar-refractivity contribution in [2.24, 2.45) is 5.41 Å². The highest BCUT2D eigenvalue weighted by atomic mass is 32.1. The summed E-state index contributed by atoms with van der Waals surface area (Å²) >= 11 is 1.39. The maximum Gasteiger partial charge on any atom is 0.222 e. The number of benzene rings is 1. The minimum atomic E-state index is 0.0312. The molecule has 0 fully saturated rings. The maximum atomic E-state index is 6.17. The SMILES string of the molecule is CC1=CC(C)(C)Cc2c1nc(N)nc2N1CCOc2ccc(-c3cnc4sc(N)nc4c3)cc2C1. The minimum absolute atomic E-state index is 0.0312. The Bertz CT molecular complexity index is 1510. The number of nitrogens with zero attached hydrogens (tertiary/aromatic N) is 5. The third-order valence-electron chi connectivity index (χ3n) is 6.55. The fourth-order valence-electron chi connectivity index (χ4n) is 5.15. The van der Waals surface area contributed by atoms with E-state index >= 15 is 0 Å². The largest absolute Gasteiger partial charge is 0.491 e. The number of hydrogen-bond donors (Lipinski definition) is 2. The lowest BCUT2D eigenvalue weighted by molar-refractivity contribution is 0.331. The van der Waals surface area contributed by atoms with Crippen LogP contribution < -0.4 is 21.1 Å². The fraction of sp³-hybridized carbons (Fsp3) is 0.308. The van der Waals surface area contributed by atoms with Gasteiger partial charge in [-0.1, -0.05) is 37.3 Å². The van der Waals surface area contributed by atoms with Gasteiger partial charge in [-0.15, -0.1) is 0 Å². The summed E-state index contributed by atoms with van der Waals surface area (Å²) in [6.45, 7) is 8.52. The van der Waals surface area contributed by atoms with Crippen molar-refractivity contribution in [3.63, 3.8) is 0 Å². The van der Waals surface area contributed by atoms with E-state index in [1.54, 1.807) is 0 Å². The van der Waals surface area contributed by atoms with Crippen LogP contribution in [0.4, 0.5) is 16.9 Å². The third-order valence-corrected chi connectivity index (χ3v) is 7.36. The van der Waals surface area contributed by atoms with Gasteiger partial charge in [-0.05, 0) is 48.1 Å². The summed E-state index contributed by atoms with van der Waals surface area (Å²) in [5, 5.41) is 0.524. The molecule has 0 saturated carbocycles. The molecule has 6 rings (SSSR count). The van der Waals surface area contributed by atoms with Crippen molar-refractivity contribution in [2.45, 2.75) is 33.7 Å². The number of aromatic nitrogens is 4. The molecule has 4 aromatic rings. The Labute approximate surface area is 207 Å². The molecule has 0 spiro atoms. The molecule has 178 valence electrons. The number of anilines is 3. The minimum Gasteiger partial charge on any atom is -0.491 e. The van der Waals surface area contributed by atoms with Crippen LogP contribution in [0.25, 0.3) is 27.0 Å². The predicted octanol–water partition coefficient (Wildman–Crippen LogP) is 4.70. The topological polar surface area (TPSA) is 116 Å². The van der Waals surface area contributed by atoms with E-state index in [9.17, 15) is 0 Å². The van der Waals surface area contributed by atoms with E-state index in [0.29, 0.717) is 30.8 Å². The number of thiazole rings is 1. The predicted molar refractivity (Wildman–Crippen MR) is 141 cm³/mol. The van der Waals surface area contributed by atoms with Gasteiger partial charge < -0.3 is 21.1 Å². The fourth-order valence-corrected chi connectivity index (χ4v) is 5.81. The summed E-state index contributed by atoms with van der Waals surface area (Å²) < 4.78 is 6.13. The first kappa shape index (κ1) is 21.8. The number of hydrogen-bond acceptors (Lipinski definition) is 9. The first-order valence-electron chi connectivity index (χ1n) is 11.6. The average Bonchev–Trinajstić information content (AvgIpc) is 3.04. The number of allylic oxidation sites excluding steroid dienone is 2. The Morgan fingerprint density at radius 3 is 2.80 bits per heavy atom. The molecule has 9 heteroatoms. The van der Waals surface area contributed by atoms with Crippen molar-refractivity contribution in [3.8, 4) is 16.9 Å². The van der Waals surface area contributed by atoms with Crippen LogP contribution in [0.3, 0.4) is 0 Å². The van der Waals surface area contributed by atoms with Gasteiger partial charge in [0.15, 0.2) is 5.13 Å². The summed E-state index contributed by atoms with van der Waals surface area (Å²) in [6, 6.07) is 8.30. The van der Waals surface area contributed by atoms with Gasteiger partial charge in [-0.25, -0.2) is 15.0 Å². The Morgan fingerprint density at radius 1 is 1.09 bits per heavy atom. The smallest absolute Gasteiger partial charge is 0.222 e. The second-order valence-electron chi connectivity index (χ2n) is 9.92. The molecule has 1 aliphatic carbocycles. The zero-order valence-corrected chi connectivity index (χ0v) is 20.8. The van der Waals surface area contributed by atoms with Gasteiger partial charge in [0.2, 0.25) is 5.95 Å². The Hall–Kier alpha value is -3.72. The lowest BCUT2D eigenvalue weighted by Gasteiger charge is -2.32. The van der Waals surface area contributed by atoms with Crippen molar-refractivity contribution in [1.29, 1.82) is 0 Å². The molecule has 1 aliphatic heterocycles. The molecule has 4 heterocycles. The van der Waals surface area contributed by atoms with Crippen molar-refractivity contribution in [1.82, 2.24) is 19.9 Å². The molecule has 0 unspecified atom stereocenters. The lowest BCUT2D eigenvalue weighted by Crippen LogP contribution is -2.30. The van der Waals surface area contributed by atoms with Crippen LogP contribution in [-0.4, -0.2) is 33.1 Å².